The number of hydrogen-bond acceptors (Lipinski definition) is 4. The molecule has 5 heteroatoms. The zero-order chi connectivity index (χ0) is 12.3. The van der Waals surface area contributed by atoms with Crippen LogP contribution in [0.1, 0.15) is 5.56 Å². The second-order valence-corrected chi connectivity index (χ2v) is 3.75. The molecule has 4 nitrogen and oxygen atoms in total. The molecule has 2 aromatic rings. The molecule has 0 saturated heterocycles. The summed E-state index contributed by atoms with van der Waals surface area (Å²) in [5, 5.41) is 0. The molecule has 1 heterocycles. The van der Waals surface area contributed by atoms with E-state index in [0.717, 1.165) is 0 Å². The fourth-order valence-electron chi connectivity index (χ4n) is 1.49. The first-order chi connectivity index (χ1) is 8.16. The van der Waals surface area contributed by atoms with Gasteiger partial charge in [0.1, 0.15) is 17.5 Å². The van der Waals surface area contributed by atoms with Crippen LogP contribution in [0.15, 0.2) is 36.7 Å². The molecule has 0 fully saturated rings. The number of nitrogen functional groups attached to an aromatic ring is 1. The molecule has 0 saturated carbocycles. The lowest BCUT2D eigenvalue weighted by atomic mass is 10.2. The summed E-state index contributed by atoms with van der Waals surface area (Å²) in [5.41, 5.74) is 6.07. The molecule has 88 valence electrons. The van der Waals surface area contributed by atoms with E-state index in [1.807, 2.05) is 11.9 Å². The highest BCUT2D eigenvalue weighted by Gasteiger charge is 2.07. The Kier molecular flexibility index (Phi) is 3.18. The quantitative estimate of drug-likeness (QED) is 0.877. The Labute approximate surface area is 98.9 Å². The molecule has 1 aromatic heterocycles. The number of aromatic nitrogens is 2. The van der Waals surface area contributed by atoms with Gasteiger partial charge >= 0.3 is 0 Å². The van der Waals surface area contributed by atoms with E-state index in [2.05, 4.69) is 9.97 Å². The highest BCUT2D eigenvalue weighted by molar-refractivity contribution is 5.39. The Balaban J connectivity index is 2.14. The summed E-state index contributed by atoms with van der Waals surface area (Å²) in [6.45, 7) is 0.436. The zero-order valence-electron chi connectivity index (χ0n) is 9.47. The minimum Gasteiger partial charge on any atom is -0.382 e. The largest absolute Gasteiger partial charge is 0.382 e. The van der Waals surface area contributed by atoms with E-state index in [0.29, 0.717) is 23.7 Å². The number of rotatable bonds is 3. The van der Waals surface area contributed by atoms with Crippen LogP contribution in [-0.2, 0) is 6.54 Å². The van der Waals surface area contributed by atoms with Crippen molar-refractivity contribution >= 4 is 11.6 Å². The molecule has 0 unspecified atom stereocenters. The van der Waals surface area contributed by atoms with Crippen LogP contribution in [0.3, 0.4) is 0 Å². The van der Waals surface area contributed by atoms with E-state index in [9.17, 15) is 4.39 Å². The van der Waals surface area contributed by atoms with E-state index in [-0.39, 0.29) is 5.82 Å². The fraction of sp³-hybridized carbons (Fsp3) is 0.167. The van der Waals surface area contributed by atoms with Gasteiger partial charge in [-0.15, -0.1) is 0 Å². The van der Waals surface area contributed by atoms with Crippen LogP contribution >= 0.6 is 0 Å². The number of halogens is 1. The van der Waals surface area contributed by atoms with E-state index in [4.69, 9.17) is 5.73 Å². The highest BCUT2D eigenvalue weighted by Crippen LogP contribution is 2.14. The molecule has 0 aliphatic heterocycles. The second-order valence-electron chi connectivity index (χ2n) is 3.75. The molecule has 0 atom stereocenters. The maximum atomic E-state index is 13.4. The Hall–Kier alpha value is -2.17. The lowest BCUT2D eigenvalue weighted by molar-refractivity contribution is 0.607. The van der Waals surface area contributed by atoms with E-state index in [1.54, 1.807) is 24.4 Å². The SMILES string of the molecule is CN(Cc1ccccc1F)c1cnc(N)cn1. The predicted molar refractivity (Wildman–Crippen MR) is 65.0 cm³/mol. The summed E-state index contributed by atoms with van der Waals surface area (Å²) < 4.78 is 13.4. The Morgan fingerprint density at radius 2 is 2.00 bits per heavy atom. The van der Waals surface area contributed by atoms with Gasteiger partial charge < -0.3 is 10.6 Å². The van der Waals surface area contributed by atoms with Crippen LogP contribution in [0.25, 0.3) is 0 Å². The summed E-state index contributed by atoms with van der Waals surface area (Å²) in [7, 11) is 1.83. The van der Waals surface area contributed by atoms with Crippen LogP contribution in [0.4, 0.5) is 16.0 Å². The van der Waals surface area contributed by atoms with E-state index in [1.165, 1.54) is 12.3 Å². The molecule has 1 aromatic carbocycles. The van der Waals surface area contributed by atoms with E-state index >= 15 is 0 Å². The Bertz CT molecular complexity index is 498. The first kappa shape index (κ1) is 11.3. The Morgan fingerprint density at radius 1 is 1.24 bits per heavy atom. The van der Waals surface area contributed by atoms with Crippen LogP contribution < -0.4 is 10.6 Å². The molecule has 17 heavy (non-hydrogen) atoms. The minimum atomic E-state index is -0.220. The normalized spacial score (nSPS) is 10.2. The summed E-state index contributed by atoms with van der Waals surface area (Å²) >= 11 is 0. The number of nitrogens with zero attached hydrogens (tertiary/aromatic N) is 3. The van der Waals surface area contributed by atoms with Crippen LogP contribution in [0, 0.1) is 5.82 Å². The Morgan fingerprint density at radius 3 is 2.65 bits per heavy atom. The van der Waals surface area contributed by atoms with Crippen LogP contribution in [0.2, 0.25) is 0 Å². The second kappa shape index (κ2) is 4.78. The van der Waals surface area contributed by atoms with Crippen molar-refractivity contribution in [1.82, 2.24) is 9.97 Å². The molecular formula is C12H13FN4. The van der Waals surface area contributed by atoms with Crippen molar-refractivity contribution in [1.29, 1.82) is 0 Å². The maximum Gasteiger partial charge on any atom is 0.147 e. The van der Waals surface area contributed by atoms with Gasteiger partial charge in [0.25, 0.3) is 0 Å². The summed E-state index contributed by atoms with van der Waals surface area (Å²) in [5.74, 6) is 0.804. The molecular weight excluding hydrogens is 219 g/mol. The van der Waals surface area contributed by atoms with Crippen molar-refractivity contribution in [2.24, 2.45) is 0 Å². The molecule has 2 N–H and O–H groups in total. The molecule has 0 amide bonds. The summed E-state index contributed by atoms with van der Waals surface area (Å²) in [6, 6.07) is 6.66. The number of anilines is 2. The van der Waals surface area contributed by atoms with Gasteiger partial charge in [-0.05, 0) is 6.07 Å². The summed E-state index contributed by atoms with van der Waals surface area (Å²) in [4.78, 5) is 9.87. The van der Waals surface area contributed by atoms with Gasteiger partial charge in [0.2, 0.25) is 0 Å². The topological polar surface area (TPSA) is 55.0 Å². The molecule has 0 spiro atoms. The molecule has 0 bridgehead atoms. The lowest BCUT2D eigenvalue weighted by Crippen LogP contribution is -2.18. The highest BCUT2D eigenvalue weighted by atomic mass is 19.1. The zero-order valence-corrected chi connectivity index (χ0v) is 9.47. The monoisotopic (exact) mass is 232 g/mol. The van der Waals surface area contributed by atoms with Gasteiger partial charge in [-0.25, -0.2) is 14.4 Å². The predicted octanol–water partition coefficient (Wildman–Crippen LogP) is 1.83. The minimum absolute atomic E-state index is 0.220. The number of hydrogen-bond donors (Lipinski definition) is 1. The van der Waals surface area contributed by atoms with Crippen molar-refractivity contribution in [3.05, 3.63) is 48.0 Å². The first-order valence-corrected chi connectivity index (χ1v) is 5.19. The van der Waals surface area contributed by atoms with Crippen molar-refractivity contribution in [3.63, 3.8) is 0 Å². The fourth-order valence-corrected chi connectivity index (χ4v) is 1.49. The molecule has 0 radical (unpaired) electrons. The third-order valence-electron chi connectivity index (χ3n) is 2.41. The van der Waals surface area contributed by atoms with Gasteiger partial charge in [-0.2, -0.15) is 0 Å². The average Bonchev–Trinajstić information content (AvgIpc) is 2.33. The number of nitrogens with two attached hydrogens (primary N) is 1. The molecule has 0 aliphatic rings. The van der Waals surface area contributed by atoms with Gasteiger partial charge in [-0.1, -0.05) is 18.2 Å². The standard InChI is InChI=1S/C12H13FN4/c1-17(12-7-15-11(14)6-16-12)8-9-4-2-3-5-10(9)13/h2-7H,8H2,1H3,(H2,14,15). The third-order valence-corrected chi connectivity index (χ3v) is 2.41. The van der Waals surface area contributed by atoms with Gasteiger partial charge in [0.15, 0.2) is 0 Å². The first-order valence-electron chi connectivity index (χ1n) is 5.19. The number of benzene rings is 1. The average molecular weight is 232 g/mol. The van der Waals surface area contributed by atoms with Gasteiger partial charge in [0.05, 0.1) is 12.4 Å². The molecule has 0 aliphatic carbocycles. The maximum absolute atomic E-state index is 13.4. The van der Waals surface area contributed by atoms with Gasteiger partial charge in [-0.3, -0.25) is 0 Å². The smallest absolute Gasteiger partial charge is 0.147 e. The van der Waals surface area contributed by atoms with E-state index < -0.39 is 0 Å². The van der Waals surface area contributed by atoms with Crippen molar-refractivity contribution in [3.8, 4) is 0 Å². The van der Waals surface area contributed by atoms with Crippen molar-refractivity contribution < 1.29 is 4.39 Å². The van der Waals surface area contributed by atoms with Crippen LogP contribution in [-0.4, -0.2) is 17.0 Å². The molecule has 2 rings (SSSR count). The lowest BCUT2D eigenvalue weighted by Gasteiger charge is -2.17. The summed E-state index contributed by atoms with van der Waals surface area (Å²) in [6.07, 6.45) is 3.05. The van der Waals surface area contributed by atoms with Crippen molar-refractivity contribution in [2.45, 2.75) is 6.54 Å². The third kappa shape index (κ3) is 2.69. The van der Waals surface area contributed by atoms with Gasteiger partial charge in [0, 0.05) is 19.2 Å². The van der Waals surface area contributed by atoms with Crippen molar-refractivity contribution in [2.75, 3.05) is 17.7 Å². The van der Waals surface area contributed by atoms with Crippen LogP contribution in [0.5, 0.6) is 0 Å².